The van der Waals surface area contributed by atoms with Crippen LogP contribution in [0.3, 0.4) is 0 Å². The minimum absolute atomic E-state index is 0.00586. The van der Waals surface area contributed by atoms with Gasteiger partial charge in [0.1, 0.15) is 11.6 Å². The molecule has 0 aliphatic carbocycles. The molecule has 0 spiro atoms. The first-order valence-corrected chi connectivity index (χ1v) is 6.78. The highest BCUT2D eigenvalue weighted by Gasteiger charge is 2.31. The Bertz CT molecular complexity index is 519. The van der Waals surface area contributed by atoms with E-state index in [0.29, 0.717) is 0 Å². The third-order valence-electron chi connectivity index (χ3n) is 3.39. The lowest BCUT2D eigenvalue weighted by molar-refractivity contribution is -0.143. The second-order valence-corrected chi connectivity index (χ2v) is 4.80. The molecule has 1 aromatic rings. The normalized spacial score (nSPS) is 13.0. The zero-order valence-corrected chi connectivity index (χ0v) is 12.4. The quantitative estimate of drug-likeness (QED) is 0.419. The predicted molar refractivity (Wildman–Crippen MR) is 79.8 cm³/mol. The molecule has 0 bridgehead atoms. The van der Waals surface area contributed by atoms with Crippen LogP contribution in [-0.4, -0.2) is 24.6 Å². The van der Waals surface area contributed by atoms with Crippen LogP contribution in [0.4, 0.5) is 0 Å². The van der Waals surface area contributed by atoms with E-state index >= 15 is 0 Å². The smallest absolute Gasteiger partial charge is 0.305 e. The number of hydrogen-bond donors (Lipinski definition) is 0. The molecular weight excluding hydrogens is 268 g/mol. The van der Waals surface area contributed by atoms with Crippen molar-refractivity contribution in [2.45, 2.75) is 25.7 Å². The summed E-state index contributed by atoms with van der Waals surface area (Å²) in [4.78, 5) is 35.3. The number of ketones is 2. The monoisotopic (exact) mass is 288 g/mol. The van der Waals surface area contributed by atoms with Gasteiger partial charge >= 0.3 is 5.97 Å². The molecule has 1 rings (SSSR count). The second-order valence-electron chi connectivity index (χ2n) is 4.80. The summed E-state index contributed by atoms with van der Waals surface area (Å²) in [5.74, 6) is -2.14. The molecule has 2 atom stereocenters. The van der Waals surface area contributed by atoms with E-state index in [4.69, 9.17) is 0 Å². The van der Waals surface area contributed by atoms with Crippen molar-refractivity contribution in [2.75, 3.05) is 7.11 Å². The fraction of sp³-hybridized carbons (Fsp3) is 0.353. The molecule has 2 unspecified atom stereocenters. The molecule has 0 fully saturated rings. The van der Waals surface area contributed by atoms with Crippen LogP contribution < -0.4 is 0 Å². The van der Waals surface area contributed by atoms with Gasteiger partial charge in [0, 0.05) is 12.3 Å². The topological polar surface area (TPSA) is 60.4 Å². The van der Waals surface area contributed by atoms with Crippen LogP contribution in [0.2, 0.25) is 0 Å². The zero-order chi connectivity index (χ0) is 15.8. The fourth-order valence-corrected chi connectivity index (χ4v) is 2.30. The highest BCUT2D eigenvalue weighted by Crippen LogP contribution is 2.28. The van der Waals surface area contributed by atoms with Crippen molar-refractivity contribution in [3.8, 4) is 0 Å². The summed E-state index contributed by atoms with van der Waals surface area (Å²) in [6, 6.07) is 9.28. The van der Waals surface area contributed by atoms with Gasteiger partial charge in [0.05, 0.1) is 19.4 Å². The summed E-state index contributed by atoms with van der Waals surface area (Å²) in [5, 5.41) is 0. The second kappa shape index (κ2) is 8.15. The van der Waals surface area contributed by atoms with E-state index in [-0.39, 0.29) is 30.3 Å². The third kappa shape index (κ3) is 4.67. The van der Waals surface area contributed by atoms with Crippen molar-refractivity contribution >= 4 is 17.5 Å². The molecule has 0 amide bonds. The van der Waals surface area contributed by atoms with E-state index in [0.717, 1.165) is 5.56 Å². The van der Waals surface area contributed by atoms with E-state index in [1.807, 2.05) is 30.3 Å². The van der Waals surface area contributed by atoms with Crippen LogP contribution in [0.5, 0.6) is 0 Å². The van der Waals surface area contributed by atoms with Gasteiger partial charge in [-0.15, -0.1) is 6.58 Å². The standard InChI is InChI=1S/C17H20O4/c1-4-14(13-8-6-5-7-9-13)17(12(2)18)15(19)10-11-16(20)21-3/h4-9,14,17H,1,10-11H2,2-3H3. The molecule has 21 heavy (non-hydrogen) atoms. The fourth-order valence-electron chi connectivity index (χ4n) is 2.30. The van der Waals surface area contributed by atoms with Gasteiger partial charge in [-0.05, 0) is 12.5 Å². The molecule has 4 nitrogen and oxygen atoms in total. The Morgan fingerprint density at radius 2 is 1.81 bits per heavy atom. The average molecular weight is 288 g/mol. The van der Waals surface area contributed by atoms with E-state index in [2.05, 4.69) is 11.3 Å². The largest absolute Gasteiger partial charge is 0.469 e. The Labute approximate surface area is 124 Å². The Balaban J connectivity index is 2.94. The van der Waals surface area contributed by atoms with Crippen molar-refractivity contribution in [3.05, 3.63) is 48.6 Å². The van der Waals surface area contributed by atoms with Gasteiger partial charge < -0.3 is 4.74 Å². The molecule has 0 saturated carbocycles. The maximum atomic E-state index is 12.3. The first kappa shape index (κ1) is 16.8. The number of carbonyl (C=O) groups excluding carboxylic acids is 3. The number of ether oxygens (including phenoxy) is 1. The van der Waals surface area contributed by atoms with Crippen LogP contribution in [0.1, 0.15) is 31.2 Å². The maximum absolute atomic E-state index is 12.3. The van der Waals surface area contributed by atoms with Gasteiger partial charge in [0.2, 0.25) is 0 Å². The number of carbonyl (C=O) groups is 3. The summed E-state index contributed by atoms with van der Waals surface area (Å²) in [7, 11) is 1.27. The van der Waals surface area contributed by atoms with Gasteiger partial charge in [-0.1, -0.05) is 36.4 Å². The average Bonchev–Trinajstić information content (AvgIpc) is 2.50. The molecule has 0 aliphatic heterocycles. The molecule has 0 heterocycles. The van der Waals surface area contributed by atoms with Crippen LogP contribution in [0.15, 0.2) is 43.0 Å². The number of methoxy groups -OCH3 is 1. The third-order valence-corrected chi connectivity index (χ3v) is 3.39. The number of allylic oxidation sites excluding steroid dienone is 1. The molecule has 0 aliphatic rings. The number of benzene rings is 1. The predicted octanol–water partition coefficient (Wildman–Crippen LogP) is 2.68. The lowest BCUT2D eigenvalue weighted by atomic mass is 9.80. The van der Waals surface area contributed by atoms with E-state index in [9.17, 15) is 14.4 Å². The summed E-state index contributed by atoms with van der Waals surface area (Å²) >= 11 is 0. The van der Waals surface area contributed by atoms with Gasteiger partial charge in [-0.2, -0.15) is 0 Å². The number of esters is 1. The SMILES string of the molecule is C=CC(c1ccccc1)C(C(C)=O)C(=O)CCC(=O)OC. The minimum Gasteiger partial charge on any atom is -0.469 e. The summed E-state index contributed by atoms with van der Waals surface area (Å²) in [5.41, 5.74) is 0.860. The van der Waals surface area contributed by atoms with Crippen LogP contribution in [0, 0.1) is 5.92 Å². The highest BCUT2D eigenvalue weighted by molar-refractivity contribution is 6.03. The molecular formula is C17H20O4. The van der Waals surface area contributed by atoms with Crippen molar-refractivity contribution in [1.82, 2.24) is 0 Å². The van der Waals surface area contributed by atoms with Crippen molar-refractivity contribution < 1.29 is 19.1 Å². The molecule has 1 aromatic carbocycles. The van der Waals surface area contributed by atoms with E-state index < -0.39 is 11.9 Å². The van der Waals surface area contributed by atoms with Gasteiger partial charge in [0.15, 0.2) is 0 Å². The van der Waals surface area contributed by atoms with Crippen molar-refractivity contribution in [3.63, 3.8) is 0 Å². The highest BCUT2D eigenvalue weighted by atomic mass is 16.5. The molecule has 0 aromatic heterocycles. The summed E-state index contributed by atoms with van der Waals surface area (Å²) in [6.07, 6.45) is 1.59. The summed E-state index contributed by atoms with van der Waals surface area (Å²) in [6.45, 7) is 5.13. The molecule has 0 N–H and O–H groups in total. The van der Waals surface area contributed by atoms with Crippen molar-refractivity contribution in [2.24, 2.45) is 5.92 Å². The number of Topliss-reactive ketones (excluding diaryl/α,β-unsaturated/α-hetero) is 2. The lowest BCUT2D eigenvalue weighted by Gasteiger charge is -2.21. The first-order valence-electron chi connectivity index (χ1n) is 6.78. The lowest BCUT2D eigenvalue weighted by Crippen LogP contribution is -2.28. The number of hydrogen-bond acceptors (Lipinski definition) is 4. The Kier molecular flexibility index (Phi) is 6.53. The minimum atomic E-state index is -0.811. The maximum Gasteiger partial charge on any atom is 0.305 e. The van der Waals surface area contributed by atoms with Crippen LogP contribution in [-0.2, 0) is 19.1 Å². The van der Waals surface area contributed by atoms with Gasteiger partial charge in [-0.25, -0.2) is 0 Å². The Morgan fingerprint density at radius 3 is 2.29 bits per heavy atom. The van der Waals surface area contributed by atoms with E-state index in [1.54, 1.807) is 6.08 Å². The molecule has 0 saturated heterocycles. The zero-order valence-electron chi connectivity index (χ0n) is 12.4. The Morgan fingerprint density at radius 1 is 1.19 bits per heavy atom. The molecule has 4 heteroatoms. The Hall–Kier alpha value is -2.23. The molecule has 112 valence electrons. The van der Waals surface area contributed by atoms with Gasteiger partial charge in [0.25, 0.3) is 0 Å². The van der Waals surface area contributed by atoms with E-state index in [1.165, 1.54) is 14.0 Å². The molecule has 0 radical (unpaired) electrons. The summed E-state index contributed by atoms with van der Waals surface area (Å²) < 4.78 is 4.52. The number of rotatable bonds is 8. The van der Waals surface area contributed by atoms with Crippen molar-refractivity contribution in [1.29, 1.82) is 0 Å². The van der Waals surface area contributed by atoms with Gasteiger partial charge in [-0.3, -0.25) is 14.4 Å². The van der Waals surface area contributed by atoms with Crippen LogP contribution in [0.25, 0.3) is 0 Å². The first-order chi connectivity index (χ1) is 10.0. The van der Waals surface area contributed by atoms with Crippen LogP contribution >= 0.6 is 0 Å².